The lowest BCUT2D eigenvalue weighted by Gasteiger charge is -2.28. The number of hydrogen-bond donors (Lipinski definition) is 1. The zero-order valence-corrected chi connectivity index (χ0v) is 12.2. The largest absolute Gasteiger partial charge is 0.496 e. The molecule has 0 bridgehead atoms. The fourth-order valence-electron chi connectivity index (χ4n) is 2.79. The van der Waals surface area contributed by atoms with Crippen molar-refractivity contribution in [3.8, 4) is 11.5 Å². The standard InChI is InChI=1S/C15H23NO3/c1-15(6-5-7-16-15)12-8-11(10-17-2)13(18-3)9-14(12)19-4/h8-9,16H,5-7,10H2,1-4H3. The van der Waals surface area contributed by atoms with Gasteiger partial charge in [0.15, 0.2) is 0 Å². The van der Waals surface area contributed by atoms with Crippen molar-refractivity contribution in [2.45, 2.75) is 31.9 Å². The van der Waals surface area contributed by atoms with Gasteiger partial charge >= 0.3 is 0 Å². The molecule has 106 valence electrons. The molecule has 1 N–H and O–H groups in total. The van der Waals surface area contributed by atoms with Crippen LogP contribution in [0.15, 0.2) is 12.1 Å². The molecule has 0 saturated carbocycles. The molecular formula is C15H23NO3. The van der Waals surface area contributed by atoms with E-state index in [0.29, 0.717) is 6.61 Å². The summed E-state index contributed by atoms with van der Waals surface area (Å²) >= 11 is 0. The second-order valence-electron chi connectivity index (χ2n) is 5.16. The predicted molar refractivity (Wildman–Crippen MR) is 74.8 cm³/mol. The first-order valence-electron chi connectivity index (χ1n) is 6.64. The Morgan fingerprint density at radius 2 is 1.89 bits per heavy atom. The Bertz CT molecular complexity index is 439. The normalized spacial score (nSPS) is 22.5. The van der Waals surface area contributed by atoms with Crippen LogP contribution < -0.4 is 14.8 Å². The van der Waals surface area contributed by atoms with Crippen LogP contribution in [0.5, 0.6) is 11.5 Å². The van der Waals surface area contributed by atoms with Gasteiger partial charge in [-0.15, -0.1) is 0 Å². The molecule has 0 radical (unpaired) electrons. The zero-order chi connectivity index (χ0) is 13.9. The van der Waals surface area contributed by atoms with Crippen LogP contribution in [0.1, 0.15) is 30.9 Å². The Morgan fingerprint density at radius 3 is 2.42 bits per heavy atom. The lowest BCUT2D eigenvalue weighted by molar-refractivity contribution is 0.181. The topological polar surface area (TPSA) is 39.7 Å². The van der Waals surface area contributed by atoms with Gasteiger partial charge in [-0.3, -0.25) is 0 Å². The number of methoxy groups -OCH3 is 3. The molecular weight excluding hydrogens is 242 g/mol. The van der Waals surface area contributed by atoms with Gasteiger partial charge in [-0.25, -0.2) is 0 Å². The van der Waals surface area contributed by atoms with E-state index in [1.807, 2.05) is 6.07 Å². The monoisotopic (exact) mass is 265 g/mol. The summed E-state index contributed by atoms with van der Waals surface area (Å²) in [5, 5.41) is 3.57. The number of nitrogens with one attached hydrogen (secondary N) is 1. The van der Waals surface area contributed by atoms with Crippen molar-refractivity contribution in [1.82, 2.24) is 5.32 Å². The Hall–Kier alpha value is -1.26. The van der Waals surface area contributed by atoms with E-state index in [0.717, 1.165) is 30.0 Å². The second-order valence-corrected chi connectivity index (χ2v) is 5.16. The minimum atomic E-state index is -0.0277. The smallest absolute Gasteiger partial charge is 0.128 e. The lowest BCUT2D eigenvalue weighted by Crippen LogP contribution is -2.33. The summed E-state index contributed by atoms with van der Waals surface area (Å²) < 4.78 is 16.2. The van der Waals surface area contributed by atoms with Gasteiger partial charge in [-0.1, -0.05) is 0 Å². The van der Waals surface area contributed by atoms with Gasteiger partial charge in [0.05, 0.1) is 20.8 Å². The minimum Gasteiger partial charge on any atom is -0.496 e. The second kappa shape index (κ2) is 5.80. The Balaban J connectivity index is 2.48. The van der Waals surface area contributed by atoms with Crippen molar-refractivity contribution in [3.63, 3.8) is 0 Å². The van der Waals surface area contributed by atoms with Crippen LogP contribution in [0, 0.1) is 0 Å². The number of hydrogen-bond acceptors (Lipinski definition) is 4. The van der Waals surface area contributed by atoms with Crippen LogP contribution in [0.2, 0.25) is 0 Å². The predicted octanol–water partition coefficient (Wildman–Crippen LogP) is 2.45. The Labute approximate surface area is 115 Å². The summed E-state index contributed by atoms with van der Waals surface area (Å²) in [5.74, 6) is 1.68. The average molecular weight is 265 g/mol. The van der Waals surface area contributed by atoms with Gasteiger partial charge in [0.25, 0.3) is 0 Å². The van der Waals surface area contributed by atoms with Crippen molar-refractivity contribution >= 4 is 0 Å². The minimum absolute atomic E-state index is 0.0277. The molecule has 1 aromatic rings. The molecule has 0 aromatic heterocycles. The number of rotatable bonds is 5. The Kier molecular flexibility index (Phi) is 4.32. The van der Waals surface area contributed by atoms with Crippen LogP contribution in [0.4, 0.5) is 0 Å². The fourth-order valence-corrected chi connectivity index (χ4v) is 2.79. The third-order valence-electron chi connectivity index (χ3n) is 3.87. The van der Waals surface area contributed by atoms with Gasteiger partial charge in [0.1, 0.15) is 11.5 Å². The zero-order valence-electron chi connectivity index (χ0n) is 12.2. The summed E-state index contributed by atoms with van der Waals surface area (Å²) in [5.41, 5.74) is 2.20. The highest BCUT2D eigenvalue weighted by molar-refractivity contribution is 5.49. The number of benzene rings is 1. The van der Waals surface area contributed by atoms with Crippen LogP contribution in [-0.2, 0) is 16.9 Å². The number of ether oxygens (including phenoxy) is 3. The highest BCUT2D eigenvalue weighted by Gasteiger charge is 2.33. The van der Waals surface area contributed by atoms with Gasteiger partial charge in [-0.2, -0.15) is 0 Å². The molecule has 1 aliphatic heterocycles. The van der Waals surface area contributed by atoms with Gasteiger partial charge < -0.3 is 19.5 Å². The summed E-state index contributed by atoms with van der Waals surface area (Å²) in [6, 6.07) is 4.09. The quantitative estimate of drug-likeness (QED) is 0.887. The molecule has 1 aromatic carbocycles. The molecule has 4 nitrogen and oxygen atoms in total. The van der Waals surface area contributed by atoms with E-state index >= 15 is 0 Å². The Morgan fingerprint density at radius 1 is 1.16 bits per heavy atom. The maximum atomic E-state index is 5.54. The fraction of sp³-hybridized carbons (Fsp3) is 0.600. The molecule has 1 atom stereocenters. The summed E-state index contributed by atoms with van der Waals surface area (Å²) in [6.07, 6.45) is 2.30. The molecule has 1 heterocycles. The van der Waals surface area contributed by atoms with Crippen LogP contribution in [-0.4, -0.2) is 27.9 Å². The first kappa shape index (κ1) is 14.2. The highest BCUT2D eigenvalue weighted by atomic mass is 16.5. The summed E-state index contributed by atoms with van der Waals surface area (Å²) in [4.78, 5) is 0. The maximum Gasteiger partial charge on any atom is 0.128 e. The third kappa shape index (κ3) is 2.69. The maximum absolute atomic E-state index is 5.54. The first-order valence-corrected chi connectivity index (χ1v) is 6.64. The third-order valence-corrected chi connectivity index (χ3v) is 3.87. The van der Waals surface area contributed by atoms with Crippen molar-refractivity contribution < 1.29 is 14.2 Å². The molecule has 2 rings (SSSR count). The molecule has 1 aliphatic rings. The van der Waals surface area contributed by atoms with Crippen LogP contribution in [0.3, 0.4) is 0 Å². The van der Waals surface area contributed by atoms with E-state index in [1.54, 1.807) is 21.3 Å². The van der Waals surface area contributed by atoms with E-state index in [-0.39, 0.29) is 5.54 Å². The van der Waals surface area contributed by atoms with Gasteiger partial charge in [0.2, 0.25) is 0 Å². The molecule has 0 spiro atoms. The van der Waals surface area contributed by atoms with Crippen molar-refractivity contribution in [1.29, 1.82) is 0 Å². The average Bonchev–Trinajstić information content (AvgIpc) is 2.86. The summed E-state index contributed by atoms with van der Waals surface area (Å²) in [6.45, 7) is 3.81. The van der Waals surface area contributed by atoms with Crippen LogP contribution in [0.25, 0.3) is 0 Å². The first-order chi connectivity index (χ1) is 9.14. The van der Waals surface area contributed by atoms with Crippen molar-refractivity contribution in [2.24, 2.45) is 0 Å². The van der Waals surface area contributed by atoms with Crippen LogP contribution >= 0.6 is 0 Å². The molecule has 0 aliphatic carbocycles. The SMILES string of the molecule is COCc1cc(C2(C)CCCN2)c(OC)cc1OC. The molecule has 1 fully saturated rings. The molecule has 4 heteroatoms. The van der Waals surface area contributed by atoms with Crippen molar-refractivity contribution in [2.75, 3.05) is 27.9 Å². The van der Waals surface area contributed by atoms with E-state index < -0.39 is 0 Å². The van der Waals surface area contributed by atoms with E-state index in [4.69, 9.17) is 14.2 Å². The molecule has 19 heavy (non-hydrogen) atoms. The van der Waals surface area contributed by atoms with E-state index in [2.05, 4.69) is 18.3 Å². The van der Waals surface area contributed by atoms with E-state index in [1.165, 1.54) is 12.0 Å². The lowest BCUT2D eigenvalue weighted by atomic mass is 9.88. The molecule has 1 unspecified atom stereocenters. The highest BCUT2D eigenvalue weighted by Crippen LogP contribution is 2.40. The van der Waals surface area contributed by atoms with Gasteiger partial charge in [-0.05, 0) is 32.4 Å². The van der Waals surface area contributed by atoms with Gasteiger partial charge in [0, 0.05) is 29.8 Å². The van der Waals surface area contributed by atoms with Crippen molar-refractivity contribution in [3.05, 3.63) is 23.3 Å². The molecule has 1 saturated heterocycles. The van der Waals surface area contributed by atoms with E-state index in [9.17, 15) is 0 Å². The molecule has 0 amide bonds. The summed E-state index contributed by atoms with van der Waals surface area (Å²) in [7, 11) is 5.06.